The maximum atomic E-state index is 12.9. The SMILES string of the molecule is Cc1cc(C)n2nc(C(=O)N3CCC(c4cccs4)S(=O)(=O)CC3)nc2n1. The number of fused-ring (bicyclic) bond motifs is 1. The highest BCUT2D eigenvalue weighted by Crippen LogP contribution is 2.32. The Bertz CT molecular complexity index is 1110. The monoisotopic (exact) mass is 405 g/mol. The highest BCUT2D eigenvalue weighted by molar-refractivity contribution is 7.91. The van der Waals surface area contributed by atoms with Gasteiger partial charge in [-0.15, -0.1) is 16.4 Å². The van der Waals surface area contributed by atoms with E-state index in [9.17, 15) is 13.2 Å². The van der Waals surface area contributed by atoms with Crippen molar-refractivity contribution in [3.63, 3.8) is 0 Å². The molecule has 27 heavy (non-hydrogen) atoms. The average molecular weight is 406 g/mol. The van der Waals surface area contributed by atoms with Gasteiger partial charge in [0.2, 0.25) is 5.82 Å². The van der Waals surface area contributed by atoms with Gasteiger partial charge in [0.1, 0.15) is 0 Å². The Morgan fingerprint density at radius 2 is 2.07 bits per heavy atom. The summed E-state index contributed by atoms with van der Waals surface area (Å²) in [6, 6.07) is 5.55. The van der Waals surface area contributed by atoms with Gasteiger partial charge in [-0.25, -0.2) is 17.9 Å². The predicted octanol–water partition coefficient (Wildman–Crippen LogP) is 1.80. The molecule has 1 atom stereocenters. The summed E-state index contributed by atoms with van der Waals surface area (Å²) in [6.45, 7) is 4.22. The lowest BCUT2D eigenvalue weighted by molar-refractivity contribution is 0.0754. The largest absolute Gasteiger partial charge is 0.335 e. The highest BCUT2D eigenvalue weighted by atomic mass is 32.2. The quantitative estimate of drug-likeness (QED) is 0.645. The zero-order valence-corrected chi connectivity index (χ0v) is 16.6. The fourth-order valence-corrected chi connectivity index (χ4v) is 6.34. The van der Waals surface area contributed by atoms with Crippen molar-refractivity contribution < 1.29 is 13.2 Å². The fraction of sp³-hybridized carbons (Fsp3) is 0.412. The fourth-order valence-electron chi connectivity index (χ4n) is 3.34. The number of hydrogen-bond acceptors (Lipinski definition) is 7. The summed E-state index contributed by atoms with van der Waals surface area (Å²) in [5, 5.41) is 5.58. The third-order valence-electron chi connectivity index (χ3n) is 4.70. The van der Waals surface area contributed by atoms with Gasteiger partial charge >= 0.3 is 0 Å². The van der Waals surface area contributed by atoms with E-state index < -0.39 is 15.1 Å². The minimum Gasteiger partial charge on any atom is -0.335 e. The van der Waals surface area contributed by atoms with Crippen LogP contribution in [0.5, 0.6) is 0 Å². The Kier molecular flexibility index (Phi) is 4.47. The van der Waals surface area contributed by atoms with Gasteiger partial charge in [-0.2, -0.15) is 4.98 Å². The first-order chi connectivity index (χ1) is 12.8. The summed E-state index contributed by atoms with van der Waals surface area (Å²) in [7, 11) is -3.31. The van der Waals surface area contributed by atoms with E-state index in [1.807, 2.05) is 37.4 Å². The van der Waals surface area contributed by atoms with Crippen molar-refractivity contribution in [2.24, 2.45) is 0 Å². The number of carbonyl (C=O) groups is 1. The summed E-state index contributed by atoms with van der Waals surface area (Å²) in [5.74, 6) is -0.0112. The molecule has 3 aromatic heterocycles. The molecule has 3 aromatic rings. The van der Waals surface area contributed by atoms with Gasteiger partial charge < -0.3 is 4.90 Å². The van der Waals surface area contributed by atoms with Crippen LogP contribution in [0.25, 0.3) is 5.78 Å². The number of hydrogen-bond donors (Lipinski definition) is 0. The van der Waals surface area contributed by atoms with Crippen LogP contribution in [0.4, 0.5) is 0 Å². The standard InChI is InChI=1S/C17H19N5O3S2/c1-11-10-12(2)22-17(18-11)19-15(20-22)16(23)21-6-5-14(13-4-3-8-26-13)27(24,25)9-7-21/h3-4,8,10,14H,5-7,9H2,1-2H3. The Hall–Kier alpha value is -2.33. The molecule has 0 spiro atoms. The molecule has 1 amide bonds. The first-order valence-electron chi connectivity index (χ1n) is 8.60. The number of rotatable bonds is 2. The topological polar surface area (TPSA) is 97.5 Å². The highest BCUT2D eigenvalue weighted by Gasteiger charge is 2.34. The van der Waals surface area contributed by atoms with Crippen LogP contribution in [0, 0.1) is 13.8 Å². The Labute approximate surface area is 160 Å². The average Bonchev–Trinajstić information content (AvgIpc) is 3.24. The second kappa shape index (κ2) is 6.68. The maximum absolute atomic E-state index is 12.9. The molecule has 1 fully saturated rings. The zero-order chi connectivity index (χ0) is 19.2. The van der Waals surface area contributed by atoms with Crippen LogP contribution in [0.1, 0.15) is 38.6 Å². The van der Waals surface area contributed by atoms with Crippen molar-refractivity contribution in [3.05, 3.63) is 45.7 Å². The van der Waals surface area contributed by atoms with E-state index in [1.54, 1.807) is 0 Å². The van der Waals surface area contributed by atoms with Gasteiger partial charge in [0, 0.05) is 29.4 Å². The molecule has 0 saturated carbocycles. The van der Waals surface area contributed by atoms with E-state index in [1.165, 1.54) is 20.8 Å². The lowest BCUT2D eigenvalue weighted by atomic mass is 10.2. The molecule has 10 heteroatoms. The first-order valence-corrected chi connectivity index (χ1v) is 11.2. The van der Waals surface area contributed by atoms with Gasteiger partial charge in [-0.1, -0.05) is 6.07 Å². The number of sulfone groups is 1. The van der Waals surface area contributed by atoms with E-state index in [0.717, 1.165) is 16.3 Å². The summed E-state index contributed by atoms with van der Waals surface area (Å²) in [6.07, 6.45) is 0.373. The molecule has 1 unspecified atom stereocenters. The Morgan fingerprint density at radius 1 is 1.26 bits per heavy atom. The minimum atomic E-state index is -3.31. The van der Waals surface area contributed by atoms with Gasteiger partial charge in [0.25, 0.3) is 11.7 Å². The number of aromatic nitrogens is 4. The van der Waals surface area contributed by atoms with E-state index in [2.05, 4.69) is 15.1 Å². The van der Waals surface area contributed by atoms with Crippen molar-refractivity contribution in [2.75, 3.05) is 18.8 Å². The number of carbonyl (C=O) groups excluding carboxylic acids is 1. The third-order valence-corrected chi connectivity index (χ3v) is 7.94. The van der Waals surface area contributed by atoms with Crippen LogP contribution in [0.15, 0.2) is 23.6 Å². The van der Waals surface area contributed by atoms with Crippen molar-refractivity contribution in [1.29, 1.82) is 0 Å². The third kappa shape index (κ3) is 3.34. The molecule has 142 valence electrons. The molecule has 0 aliphatic carbocycles. The number of nitrogens with zero attached hydrogens (tertiary/aromatic N) is 5. The van der Waals surface area contributed by atoms with Crippen molar-refractivity contribution in [3.8, 4) is 0 Å². The Balaban J connectivity index is 1.61. The second-order valence-electron chi connectivity index (χ2n) is 6.64. The molecule has 0 N–H and O–H groups in total. The van der Waals surface area contributed by atoms with Crippen molar-refractivity contribution >= 4 is 32.9 Å². The van der Waals surface area contributed by atoms with E-state index in [-0.39, 0.29) is 24.0 Å². The molecule has 4 heterocycles. The number of aryl methyl sites for hydroxylation is 2. The first kappa shape index (κ1) is 18.1. The van der Waals surface area contributed by atoms with Crippen LogP contribution >= 0.6 is 11.3 Å². The summed E-state index contributed by atoms with van der Waals surface area (Å²) >= 11 is 1.43. The van der Waals surface area contributed by atoms with Crippen LogP contribution in [-0.2, 0) is 9.84 Å². The normalized spacial score (nSPS) is 19.9. The molecule has 0 aromatic carbocycles. The van der Waals surface area contributed by atoms with Crippen molar-refractivity contribution in [2.45, 2.75) is 25.5 Å². The van der Waals surface area contributed by atoms with E-state index in [4.69, 9.17) is 0 Å². The van der Waals surface area contributed by atoms with E-state index >= 15 is 0 Å². The number of amides is 1. The molecule has 0 bridgehead atoms. The zero-order valence-electron chi connectivity index (χ0n) is 15.0. The minimum absolute atomic E-state index is 0.0446. The van der Waals surface area contributed by atoms with Gasteiger partial charge in [0.15, 0.2) is 9.84 Å². The molecule has 8 nitrogen and oxygen atoms in total. The van der Waals surface area contributed by atoms with Crippen LogP contribution in [-0.4, -0.2) is 57.6 Å². The van der Waals surface area contributed by atoms with E-state index in [0.29, 0.717) is 18.7 Å². The molecular formula is C17H19N5O3S2. The summed E-state index contributed by atoms with van der Waals surface area (Å²) in [5.41, 5.74) is 1.63. The van der Waals surface area contributed by atoms with Crippen LogP contribution in [0.2, 0.25) is 0 Å². The van der Waals surface area contributed by atoms with Crippen LogP contribution < -0.4 is 0 Å². The van der Waals surface area contributed by atoms with Gasteiger partial charge in [-0.3, -0.25) is 4.79 Å². The molecule has 1 saturated heterocycles. The van der Waals surface area contributed by atoms with Gasteiger partial charge in [-0.05, 0) is 37.8 Å². The second-order valence-corrected chi connectivity index (χ2v) is 9.92. The number of thiophene rings is 1. The van der Waals surface area contributed by atoms with Gasteiger partial charge in [0.05, 0.1) is 11.0 Å². The van der Waals surface area contributed by atoms with Crippen molar-refractivity contribution in [1.82, 2.24) is 24.5 Å². The lowest BCUT2D eigenvalue weighted by Crippen LogP contribution is -2.34. The molecule has 1 aliphatic heterocycles. The summed E-state index contributed by atoms with van der Waals surface area (Å²) < 4.78 is 26.8. The summed E-state index contributed by atoms with van der Waals surface area (Å²) in [4.78, 5) is 23.8. The molecule has 4 rings (SSSR count). The maximum Gasteiger partial charge on any atom is 0.293 e. The lowest BCUT2D eigenvalue weighted by Gasteiger charge is -2.17. The smallest absolute Gasteiger partial charge is 0.293 e. The molecular weight excluding hydrogens is 386 g/mol. The molecule has 0 radical (unpaired) electrons. The predicted molar refractivity (Wildman–Crippen MR) is 102 cm³/mol. The molecule has 1 aliphatic rings. The van der Waals surface area contributed by atoms with Crippen LogP contribution in [0.3, 0.4) is 0 Å². The Morgan fingerprint density at radius 3 is 2.81 bits per heavy atom.